The Balaban J connectivity index is 1.42. The summed E-state index contributed by atoms with van der Waals surface area (Å²) in [6.07, 6.45) is 4.36. The molecule has 2 N–H and O–H groups in total. The fourth-order valence-corrected chi connectivity index (χ4v) is 4.38. The summed E-state index contributed by atoms with van der Waals surface area (Å²) in [6, 6.07) is 11.4. The van der Waals surface area contributed by atoms with Crippen molar-refractivity contribution < 1.29 is 18.7 Å². The number of nitrogens with zero attached hydrogens (tertiary/aromatic N) is 4. The van der Waals surface area contributed by atoms with Gasteiger partial charge in [0.15, 0.2) is 11.5 Å². The van der Waals surface area contributed by atoms with Crippen molar-refractivity contribution in [1.29, 1.82) is 0 Å². The Morgan fingerprint density at radius 3 is 2.63 bits per heavy atom. The van der Waals surface area contributed by atoms with E-state index in [0.717, 1.165) is 56.9 Å². The standard InChI is InChI=1S/C28H37FN6O3/c1-22-19-31-21-34(22)13-3-10-32-28(36)35(20-23-4-6-24(29)7-5-23)25-8-9-26(27(18-25)37-2)38-17-16-33-14-11-30-12-15-33/h4-9,18-19,21,30H,3,10-17,20H2,1-2H3,(H,32,36). The molecule has 0 spiro atoms. The van der Waals surface area contributed by atoms with Crippen LogP contribution in [0.3, 0.4) is 0 Å². The molecule has 4 rings (SSSR count). The molecule has 0 atom stereocenters. The van der Waals surface area contributed by atoms with Crippen LogP contribution in [-0.4, -0.2) is 73.5 Å². The molecule has 2 aromatic carbocycles. The van der Waals surface area contributed by atoms with Crippen molar-refractivity contribution in [2.24, 2.45) is 0 Å². The van der Waals surface area contributed by atoms with Gasteiger partial charge in [-0.15, -0.1) is 0 Å². The summed E-state index contributed by atoms with van der Waals surface area (Å²) < 4.78 is 27.2. The van der Waals surface area contributed by atoms with E-state index < -0.39 is 0 Å². The number of methoxy groups -OCH3 is 1. The quantitative estimate of drug-likeness (QED) is 0.353. The minimum atomic E-state index is -0.316. The first-order valence-corrected chi connectivity index (χ1v) is 13.0. The van der Waals surface area contributed by atoms with Crippen LogP contribution in [0.4, 0.5) is 14.9 Å². The number of imidazole rings is 1. The summed E-state index contributed by atoms with van der Waals surface area (Å²) >= 11 is 0. The SMILES string of the molecule is COc1cc(N(Cc2ccc(F)cc2)C(=O)NCCCn2cncc2C)ccc1OCCN1CCNCC1. The number of piperazine rings is 1. The van der Waals surface area contributed by atoms with Gasteiger partial charge in [-0.1, -0.05) is 12.1 Å². The third kappa shape index (κ3) is 7.69. The Morgan fingerprint density at radius 2 is 1.92 bits per heavy atom. The lowest BCUT2D eigenvalue weighted by atomic mass is 10.2. The summed E-state index contributed by atoms with van der Waals surface area (Å²) in [5.41, 5.74) is 2.55. The van der Waals surface area contributed by atoms with Crippen molar-refractivity contribution in [2.75, 3.05) is 57.9 Å². The van der Waals surface area contributed by atoms with Gasteiger partial charge in [0.05, 0.1) is 20.0 Å². The van der Waals surface area contributed by atoms with Gasteiger partial charge >= 0.3 is 6.03 Å². The van der Waals surface area contributed by atoms with Gasteiger partial charge in [-0.25, -0.2) is 14.2 Å². The van der Waals surface area contributed by atoms with Gasteiger partial charge in [-0.05, 0) is 43.2 Å². The number of rotatable bonds is 12. The first-order valence-electron chi connectivity index (χ1n) is 13.0. The Labute approximate surface area is 223 Å². The molecule has 9 nitrogen and oxygen atoms in total. The maximum atomic E-state index is 13.5. The number of hydrogen-bond donors (Lipinski definition) is 2. The van der Waals surface area contributed by atoms with Crippen molar-refractivity contribution in [1.82, 2.24) is 25.1 Å². The van der Waals surface area contributed by atoms with E-state index >= 15 is 0 Å². The fraction of sp³-hybridized carbons (Fsp3) is 0.429. The van der Waals surface area contributed by atoms with Crippen LogP contribution in [-0.2, 0) is 13.1 Å². The van der Waals surface area contributed by atoms with Gasteiger partial charge in [0.25, 0.3) is 0 Å². The summed E-state index contributed by atoms with van der Waals surface area (Å²) in [6.45, 7) is 8.93. The molecule has 1 aliphatic heterocycles. The highest BCUT2D eigenvalue weighted by Gasteiger charge is 2.19. The molecule has 1 aromatic heterocycles. The lowest BCUT2D eigenvalue weighted by Crippen LogP contribution is -2.44. The number of benzene rings is 2. The number of hydrogen-bond acceptors (Lipinski definition) is 6. The Hall–Kier alpha value is -3.63. The van der Waals surface area contributed by atoms with E-state index in [9.17, 15) is 9.18 Å². The molecular formula is C28H37FN6O3. The number of ether oxygens (including phenoxy) is 2. The zero-order valence-corrected chi connectivity index (χ0v) is 22.2. The van der Waals surface area contributed by atoms with Crippen molar-refractivity contribution in [3.8, 4) is 11.5 Å². The van der Waals surface area contributed by atoms with E-state index in [1.165, 1.54) is 12.1 Å². The van der Waals surface area contributed by atoms with E-state index in [4.69, 9.17) is 9.47 Å². The van der Waals surface area contributed by atoms with Crippen LogP contribution in [0.15, 0.2) is 55.0 Å². The molecule has 0 bridgehead atoms. The Kier molecular flexibility index (Phi) is 9.94. The van der Waals surface area contributed by atoms with Crippen LogP contribution in [0, 0.1) is 12.7 Å². The molecule has 38 heavy (non-hydrogen) atoms. The minimum absolute atomic E-state index is 0.244. The fourth-order valence-electron chi connectivity index (χ4n) is 4.38. The second-order valence-corrected chi connectivity index (χ2v) is 9.30. The third-order valence-electron chi connectivity index (χ3n) is 6.61. The summed E-state index contributed by atoms with van der Waals surface area (Å²) in [4.78, 5) is 21.4. The van der Waals surface area contributed by atoms with Gasteiger partial charge < -0.3 is 24.7 Å². The molecule has 1 aliphatic rings. The molecule has 10 heteroatoms. The van der Waals surface area contributed by atoms with Crippen molar-refractivity contribution in [3.05, 3.63) is 72.1 Å². The molecule has 1 saturated heterocycles. The molecule has 0 saturated carbocycles. The first kappa shape index (κ1) is 27.4. The monoisotopic (exact) mass is 524 g/mol. The molecule has 2 amide bonds. The highest BCUT2D eigenvalue weighted by Crippen LogP contribution is 2.32. The normalized spacial score (nSPS) is 13.8. The zero-order valence-electron chi connectivity index (χ0n) is 22.2. The van der Waals surface area contributed by atoms with E-state index in [0.29, 0.717) is 30.3 Å². The van der Waals surface area contributed by atoms with Gasteiger partial charge in [-0.2, -0.15) is 0 Å². The van der Waals surface area contributed by atoms with Crippen LogP contribution in [0.1, 0.15) is 17.7 Å². The van der Waals surface area contributed by atoms with Gasteiger partial charge in [0.2, 0.25) is 0 Å². The topological polar surface area (TPSA) is 83.9 Å². The second-order valence-electron chi connectivity index (χ2n) is 9.30. The van der Waals surface area contributed by atoms with Crippen molar-refractivity contribution in [2.45, 2.75) is 26.4 Å². The lowest BCUT2D eigenvalue weighted by molar-refractivity contribution is 0.188. The number of halogens is 1. The largest absolute Gasteiger partial charge is 0.493 e. The molecule has 3 aromatic rings. The molecular weight excluding hydrogens is 487 g/mol. The van der Waals surface area contributed by atoms with Crippen molar-refractivity contribution >= 4 is 11.7 Å². The van der Waals surface area contributed by atoms with Crippen LogP contribution in [0.2, 0.25) is 0 Å². The predicted octanol–water partition coefficient (Wildman–Crippen LogP) is 3.43. The minimum Gasteiger partial charge on any atom is -0.493 e. The maximum Gasteiger partial charge on any atom is 0.322 e. The highest BCUT2D eigenvalue weighted by atomic mass is 19.1. The Bertz CT molecular complexity index is 1160. The number of aromatic nitrogens is 2. The summed E-state index contributed by atoms with van der Waals surface area (Å²) in [7, 11) is 1.59. The van der Waals surface area contributed by atoms with Crippen LogP contribution < -0.4 is 25.0 Å². The number of carbonyl (C=O) groups is 1. The average molecular weight is 525 g/mol. The van der Waals surface area contributed by atoms with E-state index in [1.807, 2.05) is 29.8 Å². The molecule has 0 aliphatic carbocycles. The van der Waals surface area contributed by atoms with E-state index in [1.54, 1.807) is 36.5 Å². The number of carbonyl (C=O) groups excluding carboxylic acids is 1. The zero-order chi connectivity index (χ0) is 26.7. The first-order chi connectivity index (χ1) is 18.5. The van der Waals surface area contributed by atoms with Gasteiger partial charge in [-0.3, -0.25) is 9.80 Å². The molecule has 1 fully saturated rings. The summed E-state index contributed by atoms with van der Waals surface area (Å²) in [5, 5.41) is 6.36. The molecule has 204 valence electrons. The van der Waals surface area contributed by atoms with Crippen LogP contribution in [0.25, 0.3) is 0 Å². The van der Waals surface area contributed by atoms with Crippen LogP contribution in [0.5, 0.6) is 11.5 Å². The number of aryl methyl sites for hydroxylation is 2. The lowest BCUT2D eigenvalue weighted by Gasteiger charge is -2.27. The van der Waals surface area contributed by atoms with Gasteiger partial charge in [0, 0.05) is 69.5 Å². The predicted molar refractivity (Wildman–Crippen MR) is 145 cm³/mol. The Morgan fingerprint density at radius 1 is 1.13 bits per heavy atom. The smallest absolute Gasteiger partial charge is 0.322 e. The van der Waals surface area contributed by atoms with E-state index in [2.05, 4.69) is 20.5 Å². The number of amides is 2. The molecule has 0 radical (unpaired) electrons. The number of nitrogens with one attached hydrogen (secondary N) is 2. The maximum absolute atomic E-state index is 13.5. The third-order valence-corrected chi connectivity index (χ3v) is 6.61. The number of anilines is 1. The van der Waals surface area contributed by atoms with Crippen LogP contribution >= 0.6 is 0 Å². The molecule has 2 heterocycles. The summed E-state index contributed by atoms with van der Waals surface area (Å²) in [5.74, 6) is 0.864. The highest BCUT2D eigenvalue weighted by molar-refractivity contribution is 5.92. The second kappa shape index (κ2) is 13.8. The van der Waals surface area contributed by atoms with Crippen molar-refractivity contribution in [3.63, 3.8) is 0 Å². The molecule has 0 unspecified atom stereocenters. The van der Waals surface area contributed by atoms with E-state index in [-0.39, 0.29) is 18.4 Å². The van der Waals surface area contributed by atoms with Gasteiger partial charge in [0.1, 0.15) is 12.4 Å². The average Bonchev–Trinajstić information content (AvgIpc) is 3.35. The number of urea groups is 1.